The molecule has 0 saturated carbocycles. The van der Waals surface area contributed by atoms with E-state index in [9.17, 15) is 18.0 Å². The van der Waals surface area contributed by atoms with Crippen molar-refractivity contribution in [1.82, 2.24) is 19.5 Å². The number of carbonyl (C=O) groups excluding carboxylic acids is 1. The first-order valence-electron chi connectivity index (χ1n) is 11.6. The van der Waals surface area contributed by atoms with Crippen molar-refractivity contribution in [2.75, 3.05) is 11.5 Å². The van der Waals surface area contributed by atoms with E-state index in [0.29, 0.717) is 24.3 Å². The number of alkyl halides is 3. The molecule has 3 heterocycles. The summed E-state index contributed by atoms with van der Waals surface area (Å²) in [5.74, 6) is 0.573. The largest absolute Gasteiger partial charge is 0.484 e. The highest BCUT2D eigenvalue weighted by Gasteiger charge is 2.45. The Morgan fingerprint density at radius 2 is 1.84 bits per heavy atom. The fraction of sp³-hybridized carbons (Fsp3) is 0.259. The number of anilines is 1. The summed E-state index contributed by atoms with van der Waals surface area (Å²) in [6.07, 6.45) is 4.21. The van der Waals surface area contributed by atoms with Gasteiger partial charge in [0.15, 0.2) is 12.4 Å². The van der Waals surface area contributed by atoms with E-state index in [1.165, 1.54) is 12.4 Å². The van der Waals surface area contributed by atoms with Crippen LogP contribution < -0.4 is 9.64 Å². The van der Waals surface area contributed by atoms with Crippen LogP contribution in [-0.4, -0.2) is 38.2 Å². The molecule has 7 nitrogen and oxygen atoms in total. The van der Waals surface area contributed by atoms with Crippen molar-refractivity contribution in [3.63, 3.8) is 0 Å². The van der Waals surface area contributed by atoms with Crippen LogP contribution in [0.1, 0.15) is 23.6 Å². The number of carbonyl (C=O) groups is 1. The first-order valence-corrected chi connectivity index (χ1v) is 11.6. The van der Waals surface area contributed by atoms with E-state index in [1.807, 2.05) is 32.2 Å². The second kappa shape index (κ2) is 9.34. The lowest BCUT2D eigenvalue weighted by Crippen LogP contribution is -2.51. The number of nitrogens with zero attached hydrogens (tertiary/aromatic N) is 5. The topological polar surface area (TPSA) is 73.1 Å². The van der Waals surface area contributed by atoms with Gasteiger partial charge in [-0.3, -0.25) is 9.69 Å². The van der Waals surface area contributed by atoms with E-state index in [1.54, 1.807) is 52.6 Å². The Balaban J connectivity index is 1.56. The predicted octanol–water partition coefficient (Wildman–Crippen LogP) is 4.87. The highest BCUT2D eigenvalue weighted by molar-refractivity contribution is 6.02. The van der Waals surface area contributed by atoms with Crippen LogP contribution in [0, 0.1) is 0 Å². The molecule has 1 aliphatic heterocycles. The van der Waals surface area contributed by atoms with Gasteiger partial charge >= 0.3 is 6.18 Å². The Morgan fingerprint density at radius 1 is 1.08 bits per heavy atom. The summed E-state index contributed by atoms with van der Waals surface area (Å²) in [6.45, 7) is 0.875. The summed E-state index contributed by atoms with van der Waals surface area (Å²) in [7, 11) is 1.85. The maximum Gasteiger partial charge on any atom is 0.422 e. The smallest absolute Gasteiger partial charge is 0.422 e. The molecule has 0 aliphatic carbocycles. The van der Waals surface area contributed by atoms with E-state index in [-0.39, 0.29) is 11.7 Å². The number of aromatic nitrogens is 4. The van der Waals surface area contributed by atoms with Crippen LogP contribution in [-0.2, 0) is 30.2 Å². The van der Waals surface area contributed by atoms with Crippen LogP contribution >= 0.6 is 0 Å². The molecule has 0 radical (unpaired) electrons. The number of halogens is 3. The molecule has 0 bridgehead atoms. The van der Waals surface area contributed by atoms with Gasteiger partial charge in [0.2, 0.25) is 5.91 Å². The molecule has 1 aliphatic rings. The first-order chi connectivity index (χ1) is 17.6. The Morgan fingerprint density at radius 3 is 2.54 bits per heavy atom. The van der Waals surface area contributed by atoms with Crippen LogP contribution in [0.3, 0.4) is 0 Å². The number of ether oxygens (including phenoxy) is 1. The third-order valence-electron chi connectivity index (χ3n) is 6.46. The molecule has 0 N–H and O–H groups in total. The van der Waals surface area contributed by atoms with E-state index >= 15 is 0 Å². The minimum atomic E-state index is -4.43. The lowest BCUT2D eigenvalue weighted by Gasteiger charge is -2.40. The number of amides is 1. The predicted molar refractivity (Wildman–Crippen MR) is 131 cm³/mol. The fourth-order valence-electron chi connectivity index (χ4n) is 4.72. The van der Waals surface area contributed by atoms with Crippen molar-refractivity contribution in [1.29, 1.82) is 0 Å². The van der Waals surface area contributed by atoms with E-state index in [0.717, 1.165) is 22.3 Å². The first kappa shape index (κ1) is 24.5. The summed E-state index contributed by atoms with van der Waals surface area (Å²) < 4.78 is 44.6. The molecular weight excluding hydrogens is 483 g/mol. The number of fused-ring (bicyclic) bond motifs is 1. The minimum Gasteiger partial charge on any atom is -0.484 e. The second-order valence-corrected chi connectivity index (χ2v) is 9.35. The lowest BCUT2D eigenvalue weighted by molar-refractivity contribution is -0.153. The molecule has 0 saturated heterocycles. The van der Waals surface area contributed by atoms with Gasteiger partial charge in [0.25, 0.3) is 0 Å². The summed E-state index contributed by atoms with van der Waals surface area (Å²) in [6, 6.07) is 12.3. The Bertz CT molecular complexity index is 1440. The van der Waals surface area contributed by atoms with Gasteiger partial charge < -0.3 is 9.30 Å². The maximum absolute atomic E-state index is 14.0. The van der Waals surface area contributed by atoms with Crippen LogP contribution in [0.2, 0.25) is 0 Å². The zero-order valence-electron chi connectivity index (χ0n) is 20.2. The van der Waals surface area contributed by atoms with Crippen molar-refractivity contribution >= 4 is 11.7 Å². The molecule has 4 aromatic rings. The molecular formula is C27H24F3N5O2. The quantitative estimate of drug-likeness (QED) is 0.373. The number of aryl methyl sites for hydroxylation is 1. The summed E-state index contributed by atoms with van der Waals surface area (Å²) in [5.41, 5.74) is 3.10. The molecule has 2 aromatic heterocycles. The zero-order chi connectivity index (χ0) is 26.2. The van der Waals surface area contributed by atoms with Crippen LogP contribution in [0.25, 0.3) is 11.1 Å². The molecule has 37 heavy (non-hydrogen) atoms. The number of benzene rings is 2. The molecule has 1 unspecified atom stereocenters. The van der Waals surface area contributed by atoms with Gasteiger partial charge in [-0.2, -0.15) is 13.2 Å². The molecule has 5 rings (SSSR count). The Labute approximate surface area is 211 Å². The highest BCUT2D eigenvalue weighted by Crippen LogP contribution is 2.41. The fourth-order valence-corrected chi connectivity index (χ4v) is 4.72. The van der Waals surface area contributed by atoms with Gasteiger partial charge in [-0.1, -0.05) is 24.3 Å². The highest BCUT2D eigenvalue weighted by atomic mass is 19.4. The van der Waals surface area contributed by atoms with Gasteiger partial charge in [0.1, 0.15) is 12.1 Å². The van der Waals surface area contributed by atoms with Crippen molar-refractivity contribution < 1.29 is 22.7 Å². The summed E-state index contributed by atoms with van der Waals surface area (Å²) >= 11 is 0. The van der Waals surface area contributed by atoms with E-state index in [4.69, 9.17) is 4.74 Å². The minimum absolute atomic E-state index is 0.109. The normalized spacial score (nSPS) is 17.5. The van der Waals surface area contributed by atoms with Crippen molar-refractivity contribution in [3.8, 4) is 16.9 Å². The van der Waals surface area contributed by atoms with Crippen LogP contribution in [0.4, 0.5) is 19.0 Å². The molecule has 1 amide bonds. The van der Waals surface area contributed by atoms with E-state index < -0.39 is 18.2 Å². The number of rotatable bonds is 6. The number of hydrogen-bond acceptors (Lipinski definition) is 5. The van der Waals surface area contributed by atoms with Crippen molar-refractivity contribution in [3.05, 3.63) is 90.4 Å². The standard InChI is InChI=1S/C27H24F3N5O2/c1-26(10-18-11-31-16-32-12-18)23-9-20(19-4-3-5-22(8-19)37-15-27(28,29)30)6-7-21(23)13-35(25(26)36)24-14-34(2)17-33-24/h3-9,11-12,14,16-17H,10,13,15H2,1-2H3. The van der Waals surface area contributed by atoms with Gasteiger partial charge in [-0.15, -0.1) is 0 Å². The van der Waals surface area contributed by atoms with Gasteiger partial charge in [0.05, 0.1) is 18.3 Å². The van der Waals surface area contributed by atoms with Crippen LogP contribution in [0.5, 0.6) is 5.75 Å². The zero-order valence-corrected chi connectivity index (χ0v) is 20.2. The van der Waals surface area contributed by atoms with Gasteiger partial charge in [-0.25, -0.2) is 15.0 Å². The maximum atomic E-state index is 14.0. The Kier molecular flexibility index (Phi) is 6.18. The molecule has 190 valence electrons. The second-order valence-electron chi connectivity index (χ2n) is 9.35. The molecule has 0 spiro atoms. The molecule has 0 fully saturated rings. The summed E-state index contributed by atoms with van der Waals surface area (Å²) in [4.78, 5) is 28.3. The van der Waals surface area contributed by atoms with E-state index in [2.05, 4.69) is 15.0 Å². The van der Waals surface area contributed by atoms with Gasteiger partial charge in [-0.05, 0) is 59.4 Å². The molecule has 10 heteroatoms. The molecule has 2 aromatic carbocycles. The third-order valence-corrected chi connectivity index (χ3v) is 6.46. The van der Waals surface area contributed by atoms with Crippen LogP contribution in [0.15, 0.2) is 73.7 Å². The SMILES string of the molecule is Cn1cnc(N2Cc3ccc(-c4cccc(OCC(F)(F)F)c4)cc3C(C)(Cc3cncnc3)C2=O)c1. The number of imidazole rings is 1. The average molecular weight is 508 g/mol. The molecule has 1 atom stereocenters. The Hall–Kier alpha value is -4.21. The monoisotopic (exact) mass is 507 g/mol. The third kappa shape index (κ3) is 5.04. The van der Waals surface area contributed by atoms with Gasteiger partial charge in [0, 0.05) is 25.6 Å². The lowest BCUT2D eigenvalue weighted by atomic mass is 9.71. The van der Waals surface area contributed by atoms with Crippen molar-refractivity contribution in [2.24, 2.45) is 7.05 Å². The number of hydrogen-bond donors (Lipinski definition) is 0. The van der Waals surface area contributed by atoms with Crippen molar-refractivity contribution in [2.45, 2.75) is 31.5 Å². The summed E-state index contributed by atoms with van der Waals surface area (Å²) in [5, 5.41) is 0. The average Bonchev–Trinajstić information content (AvgIpc) is 3.31.